The smallest absolute Gasteiger partial charge is 0.147 e. The highest BCUT2D eigenvalue weighted by Crippen LogP contribution is 2.27. The Morgan fingerprint density at radius 1 is 1.05 bits per heavy atom. The van der Waals surface area contributed by atoms with Gasteiger partial charge in [-0.05, 0) is 46.2 Å². The van der Waals surface area contributed by atoms with Gasteiger partial charge in [-0.2, -0.15) is 0 Å². The monoisotopic (exact) mass is 305 g/mol. The first-order valence-electron chi connectivity index (χ1n) is 6.30. The number of benzene rings is 1. The second kappa shape index (κ2) is 7.25. The number of hydrogen-bond donors (Lipinski definition) is 1. The molecule has 0 fully saturated rings. The van der Waals surface area contributed by atoms with E-state index in [1.807, 2.05) is 27.7 Å². The number of hydrogen-bond acceptors (Lipinski definition) is 3. The molecule has 3 nitrogen and oxygen atoms in total. The number of halogens is 2. The molecule has 5 heteroatoms. The zero-order valence-corrected chi connectivity index (χ0v) is 14.1. The Morgan fingerprint density at radius 3 is 1.75 bits per heavy atom. The molecule has 0 aromatic heterocycles. The van der Waals surface area contributed by atoms with Gasteiger partial charge in [-0.25, -0.2) is 4.39 Å². The predicted molar refractivity (Wildman–Crippen MR) is 82.7 cm³/mol. The second-order valence-electron chi connectivity index (χ2n) is 5.52. The van der Waals surface area contributed by atoms with Crippen molar-refractivity contribution in [1.82, 2.24) is 0 Å². The van der Waals surface area contributed by atoms with Crippen LogP contribution in [0, 0.1) is 12.7 Å². The van der Waals surface area contributed by atoms with E-state index in [4.69, 9.17) is 26.8 Å². The van der Waals surface area contributed by atoms with Gasteiger partial charge < -0.3 is 15.2 Å². The molecule has 0 amide bonds. The number of rotatable bonds is 3. The quantitative estimate of drug-likeness (QED) is 0.851. The minimum atomic E-state index is -0.462. The third-order valence-corrected chi connectivity index (χ3v) is 4.29. The van der Waals surface area contributed by atoms with E-state index in [1.54, 1.807) is 27.2 Å². The van der Waals surface area contributed by atoms with Gasteiger partial charge in [-0.15, -0.1) is 0 Å². The van der Waals surface area contributed by atoms with E-state index in [0.717, 1.165) is 5.56 Å². The van der Waals surface area contributed by atoms with Gasteiger partial charge >= 0.3 is 0 Å². The van der Waals surface area contributed by atoms with E-state index in [1.165, 1.54) is 6.07 Å². The Balaban J connectivity index is 0.000000361. The summed E-state index contributed by atoms with van der Waals surface area (Å²) in [6.45, 7) is 9.82. The Labute approximate surface area is 126 Å². The van der Waals surface area contributed by atoms with Crippen molar-refractivity contribution in [2.24, 2.45) is 0 Å². The maximum atomic E-state index is 12.6. The Hall–Kier alpha value is -0.840. The van der Waals surface area contributed by atoms with Gasteiger partial charge in [0.15, 0.2) is 0 Å². The standard InChI is InChI=1S/C8H18O2.C7H7ClFN/c1-7(2,9-5)8(3,4)10-6;1-4-2-3-5(9)7(10)6(4)8/h1-6H3;2-3H,10H2,1H3. The summed E-state index contributed by atoms with van der Waals surface area (Å²) in [5.74, 6) is -0.462. The first kappa shape index (κ1) is 19.2. The highest BCUT2D eigenvalue weighted by molar-refractivity contribution is 6.33. The highest BCUT2D eigenvalue weighted by atomic mass is 35.5. The lowest BCUT2D eigenvalue weighted by Gasteiger charge is -2.38. The van der Waals surface area contributed by atoms with E-state index in [0.29, 0.717) is 5.02 Å². The molecule has 20 heavy (non-hydrogen) atoms. The number of ether oxygens (including phenoxy) is 2. The lowest BCUT2D eigenvalue weighted by molar-refractivity contribution is -0.147. The SMILES string of the molecule is COC(C)(C)C(C)(C)OC.Cc1ccc(F)c(N)c1Cl. The third-order valence-electron chi connectivity index (χ3n) is 3.79. The van der Waals surface area contributed by atoms with Crippen LogP contribution in [0.4, 0.5) is 10.1 Å². The van der Waals surface area contributed by atoms with Gasteiger partial charge in [0, 0.05) is 14.2 Å². The van der Waals surface area contributed by atoms with Crippen molar-refractivity contribution in [3.8, 4) is 0 Å². The zero-order valence-electron chi connectivity index (χ0n) is 13.3. The van der Waals surface area contributed by atoms with Gasteiger partial charge in [-0.1, -0.05) is 17.7 Å². The normalized spacial score (nSPS) is 11.8. The van der Waals surface area contributed by atoms with Gasteiger partial charge in [0.05, 0.1) is 21.9 Å². The lowest BCUT2D eigenvalue weighted by Crippen LogP contribution is -2.48. The fraction of sp³-hybridized carbons (Fsp3) is 0.600. The number of nitrogens with two attached hydrogens (primary N) is 1. The van der Waals surface area contributed by atoms with E-state index in [-0.39, 0.29) is 16.9 Å². The molecule has 0 bridgehead atoms. The van der Waals surface area contributed by atoms with Crippen molar-refractivity contribution in [3.05, 3.63) is 28.5 Å². The number of nitrogen functional groups attached to an aromatic ring is 1. The molecular weight excluding hydrogens is 281 g/mol. The molecule has 1 rings (SSSR count). The van der Waals surface area contributed by atoms with Crippen LogP contribution in [0.5, 0.6) is 0 Å². The molecule has 2 N–H and O–H groups in total. The van der Waals surface area contributed by atoms with Crippen molar-refractivity contribution in [2.45, 2.75) is 45.8 Å². The van der Waals surface area contributed by atoms with Crippen molar-refractivity contribution in [2.75, 3.05) is 20.0 Å². The van der Waals surface area contributed by atoms with Gasteiger partial charge in [0.25, 0.3) is 0 Å². The van der Waals surface area contributed by atoms with Crippen LogP contribution in [0.15, 0.2) is 12.1 Å². The summed E-state index contributed by atoms with van der Waals surface area (Å²) in [4.78, 5) is 0. The highest BCUT2D eigenvalue weighted by Gasteiger charge is 2.36. The molecule has 0 heterocycles. The Bertz CT molecular complexity index is 407. The molecule has 0 saturated carbocycles. The molecule has 0 aliphatic carbocycles. The molecule has 0 atom stereocenters. The fourth-order valence-electron chi connectivity index (χ4n) is 1.17. The lowest BCUT2D eigenvalue weighted by atomic mass is 9.89. The molecule has 0 radical (unpaired) electrons. The first-order chi connectivity index (χ1) is 9.00. The molecule has 0 saturated heterocycles. The number of methoxy groups -OCH3 is 2. The maximum absolute atomic E-state index is 12.6. The van der Waals surface area contributed by atoms with Crippen LogP contribution < -0.4 is 5.73 Å². The summed E-state index contributed by atoms with van der Waals surface area (Å²) in [5.41, 5.74) is 5.63. The van der Waals surface area contributed by atoms with Crippen LogP contribution in [0.2, 0.25) is 5.02 Å². The van der Waals surface area contributed by atoms with Gasteiger partial charge in [0.1, 0.15) is 5.82 Å². The summed E-state index contributed by atoms with van der Waals surface area (Å²) in [7, 11) is 3.39. The van der Waals surface area contributed by atoms with Crippen LogP contribution in [-0.2, 0) is 9.47 Å². The fourth-order valence-corrected chi connectivity index (χ4v) is 1.32. The molecule has 116 valence electrons. The van der Waals surface area contributed by atoms with Crippen molar-refractivity contribution in [1.29, 1.82) is 0 Å². The Kier molecular flexibility index (Phi) is 6.94. The molecule has 1 aromatic carbocycles. The molecular formula is C15H25ClFNO2. The van der Waals surface area contributed by atoms with Crippen molar-refractivity contribution >= 4 is 17.3 Å². The first-order valence-corrected chi connectivity index (χ1v) is 6.68. The Morgan fingerprint density at radius 2 is 1.45 bits per heavy atom. The third kappa shape index (κ3) is 4.62. The molecule has 0 spiro atoms. The molecule has 1 aromatic rings. The summed E-state index contributed by atoms with van der Waals surface area (Å²) < 4.78 is 23.1. The minimum Gasteiger partial charge on any atom is -0.395 e. The van der Waals surface area contributed by atoms with Gasteiger partial charge in [-0.3, -0.25) is 0 Å². The zero-order chi connectivity index (χ0) is 16.1. The van der Waals surface area contributed by atoms with Crippen LogP contribution in [0.25, 0.3) is 0 Å². The second-order valence-corrected chi connectivity index (χ2v) is 5.90. The maximum Gasteiger partial charge on any atom is 0.147 e. The largest absolute Gasteiger partial charge is 0.395 e. The van der Waals surface area contributed by atoms with Crippen LogP contribution in [0.3, 0.4) is 0 Å². The average Bonchev–Trinajstić information content (AvgIpc) is 2.41. The van der Waals surface area contributed by atoms with E-state index in [9.17, 15) is 4.39 Å². The van der Waals surface area contributed by atoms with Crippen molar-refractivity contribution in [3.63, 3.8) is 0 Å². The topological polar surface area (TPSA) is 44.5 Å². The number of anilines is 1. The van der Waals surface area contributed by atoms with Crippen LogP contribution >= 0.6 is 11.6 Å². The number of aryl methyl sites for hydroxylation is 1. The van der Waals surface area contributed by atoms with E-state index >= 15 is 0 Å². The summed E-state index contributed by atoms with van der Waals surface area (Å²) in [6.07, 6.45) is 0. The predicted octanol–water partition coefficient (Wildman–Crippen LogP) is 4.21. The summed E-state index contributed by atoms with van der Waals surface area (Å²) >= 11 is 5.62. The summed E-state index contributed by atoms with van der Waals surface area (Å²) in [6, 6.07) is 2.89. The molecule has 0 aliphatic rings. The van der Waals surface area contributed by atoms with Crippen LogP contribution in [-0.4, -0.2) is 25.4 Å². The van der Waals surface area contributed by atoms with Crippen LogP contribution in [0.1, 0.15) is 33.3 Å². The van der Waals surface area contributed by atoms with Crippen molar-refractivity contribution < 1.29 is 13.9 Å². The molecule has 0 aliphatic heterocycles. The minimum absolute atomic E-state index is 0.0293. The summed E-state index contributed by atoms with van der Waals surface area (Å²) in [5, 5.41) is 0.306. The van der Waals surface area contributed by atoms with E-state index in [2.05, 4.69) is 0 Å². The van der Waals surface area contributed by atoms with Gasteiger partial charge in [0.2, 0.25) is 0 Å². The molecule has 0 unspecified atom stereocenters. The average molecular weight is 306 g/mol. The van der Waals surface area contributed by atoms with E-state index < -0.39 is 5.82 Å².